The first-order chi connectivity index (χ1) is 12.9. The van der Waals surface area contributed by atoms with Crippen LogP contribution >= 0.6 is 0 Å². The number of carbonyl (C=O) groups excluding carboxylic acids is 1. The number of aryl methyl sites for hydroxylation is 2. The topological polar surface area (TPSA) is 50.2 Å². The number of anilines is 1. The molecule has 1 N–H and O–H groups in total. The highest BCUT2D eigenvalue weighted by molar-refractivity contribution is 5.94. The second-order valence-corrected chi connectivity index (χ2v) is 7.63. The number of amides is 1. The molecule has 2 aliphatic heterocycles. The van der Waals surface area contributed by atoms with Crippen LogP contribution in [0.5, 0.6) is 0 Å². The number of halogens is 1. The smallest absolute Gasteiger partial charge is 0.241 e. The Morgan fingerprint density at radius 3 is 2.81 bits per heavy atom. The van der Waals surface area contributed by atoms with Gasteiger partial charge in [0.05, 0.1) is 17.4 Å². The van der Waals surface area contributed by atoms with E-state index in [0.29, 0.717) is 6.04 Å². The maximum atomic E-state index is 14.1. The van der Waals surface area contributed by atoms with E-state index in [1.807, 2.05) is 37.8 Å². The molecule has 5 nitrogen and oxygen atoms in total. The summed E-state index contributed by atoms with van der Waals surface area (Å²) < 4.78 is 16.0. The summed E-state index contributed by atoms with van der Waals surface area (Å²) >= 11 is 0. The predicted octanol–water partition coefficient (Wildman–Crippen LogP) is 3.51. The van der Waals surface area contributed by atoms with E-state index >= 15 is 0 Å². The fraction of sp³-hybridized carbons (Fsp3) is 0.429. The fourth-order valence-corrected chi connectivity index (χ4v) is 4.44. The Balaban J connectivity index is 1.51. The molecule has 3 heterocycles. The number of benzene rings is 1. The maximum absolute atomic E-state index is 14.1. The number of carbonyl (C=O) groups is 1. The lowest BCUT2D eigenvalue weighted by Crippen LogP contribution is -2.49. The van der Waals surface area contributed by atoms with E-state index in [-0.39, 0.29) is 23.7 Å². The van der Waals surface area contributed by atoms with E-state index in [4.69, 9.17) is 0 Å². The number of aromatic nitrogens is 2. The van der Waals surface area contributed by atoms with Crippen LogP contribution in [-0.4, -0.2) is 38.7 Å². The van der Waals surface area contributed by atoms with E-state index in [2.05, 4.69) is 21.4 Å². The van der Waals surface area contributed by atoms with Gasteiger partial charge in [-0.1, -0.05) is 12.1 Å². The number of nitrogens with one attached hydrogen (secondary N) is 1. The summed E-state index contributed by atoms with van der Waals surface area (Å²) in [6.45, 7) is 3.74. The van der Waals surface area contributed by atoms with E-state index in [1.54, 1.807) is 12.1 Å². The number of nitrogens with zero attached hydrogens (tertiary/aromatic N) is 3. The van der Waals surface area contributed by atoms with Gasteiger partial charge in [-0.3, -0.25) is 14.4 Å². The molecule has 142 valence electrons. The molecule has 3 atom stereocenters. The van der Waals surface area contributed by atoms with Gasteiger partial charge in [0.1, 0.15) is 5.82 Å². The third-order valence-corrected chi connectivity index (χ3v) is 5.81. The molecule has 0 saturated carbocycles. The van der Waals surface area contributed by atoms with Gasteiger partial charge >= 0.3 is 0 Å². The molecule has 2 aromatic rings. The fourth-order valence-electron chi connectivity index (χ4n) is 4.44. The van der Waals surface area contributed by atoms with Gasteiger partial charge in [-0.25, -0.2) is 4.39 Å². The molecule has 0 radical (unpaired) electrons. The lowest BCUT2D eigenvalue weighted by Gasteiger charge is -2.37. The first-order valence-electron chi connectivity index (χ1n) is 9.47. The zero-order chi connectivity index (χ0) is 19.1. The van der Waals surface area contributed by atoms with Crippen molar-refractivity contribution >= 4 is 17.2 Å². The van der Waals surface area contributed by atoms with Crippen LogP contribution in [0, 0.1) is 12.7 Å². The van der Waals surface area contributed by atoms with Crippen LogP contribution in [0.4, 0.5) is 10.1 Å². The summed E-state index contributed by atoms with van der Waals surface area (Å²) in [4.78, 5) is 15.1. The highest BCUT2D eigenvalue weighted by Gasteiger charge is 2.41. The summed E-state index contributed by atoms with van der Waals surface area (Å²) in [6.07, 6.45) is 7.11. The summed E-state index contributed by atoms with van der Waals surface area (Å²) in [7, 11) is 1.96. The van der Waals surface area contributed by atoms with Gasteiger partial charge in [0, 0.05) is 25.3 Å². The SMILES string of the molecule is Cc1ccc(NC(=O)C(C)N2C3C=C(c4ccnn4C)CC2CC3)c(F)c1. The molecule has 1 amide bonds. The van der Waals surface area contributed by atoms with Crippen molar-refractivity contribution in [3.63, 3.8) is 0 Å². The van der Waals surface area contributed by atoms with Crippen molar-refractivity contribution in [1.82, 2.24) is 14.7 Å². The minimum atomic E-state index is -0.393. The van der Waals surface area contributed by atoms with Gasteiger partial charge < -0.3 is 5.32 Å². The van der Waals surface area contributed by atoms with Crippen LogP contribution in [0.3, 0.4) is 0 Å². The molecule has 27 heavy (non-hydrogen) atoms. The van der Waals surface area contributed by atoms with Gasteiger partial charge in [-0.2, -0.15) is 5.10 Å². The van der Waals surface area contributed by atoms with Crippen LogP contribution in [0.1, 0.15) is 37.4 Å². The van der Waals surface area contributed by atoms with Crippen LogP contribution in [0.15, 0.2) is 36.5 Å². The van der Waals surface area contributed by atoms with Crippen LogP contribution in [-0.2, 0) is 11.8 Å². The largest absolute Gasteiger partial charge is 0.322 e. The van der Waals surface area contributed by atoms with Gasteiger partial charge in [0.15, 0.2) is 0 Å². The zero-order valence-corrected chi connectivity index (χ0v) is 15.9. The van der Waals surface area contributed by atoms with Gasteiger partial charge in [0.2, 0.25) is 5.91 Å². The van der Waals surface area contributed by atoms with Gasteiger partial charge in [-0.05, 0) is 62.4 Å². The van der Waals surface area contributed by atoms with Crippen molar-refractivity contribution in [2.75, 3.05) is 5.32 Å². The minimum Gasteiger partial charge on any atom is -0.322 e. The van der Waals surface area contributed by atoms with Crippen molar-refractivity contribution in [3.05, 3.63) is 53.6 Å². The summed E-state index contributed by atoms with van der Waals surface area (Å²) in [6, 6.07) is 7.15. The normalized spacial score (nSPS) is 23.2. The Morgan fingerprint density at radius 1 is 1.33 bits per heavy atom. The average molecular weight is 368 g/mol. The molecule has 6 heteroatoms. The van der Waals surface area contributed by atoms with E-state index < -0.39 is 5.82 Å². The van der Waals surface area contributed by atoms with Crippen molar-refractivity contribution in [2.45, 2.75) is 51.2 Å². The number of hydrogen-bond donors (Lipinski definition) is 1. The molecule has 0 aliphatic carbocycles. The van der Waals surface area contributed by atoms with E-state index in [1.165, 1.54) is 11.6 Å². The molecule has 3 unspecified atom stereocenters. The predicted molar refractivity (Wildman–Crippen MR) is 104 cm³/mol. The molecule has 2 aliphatic rings. The molecule has 1 aromatic carbocycles. The van der Waals surface area contributed by atoms with E-state index in [9.17, 15) is 9.18 Å². The second kappa shape index (κ2) is 6.93. The minimum absolute atomic E-state index is 0.160. The lowest BCUT2D eigenvalue weighted by molar-refractivity contribution is -0.121. The van der Waals surface area contributed by atoms with Crippen LogP contribution in [0.25, 0.3) is 5.57 Å². The number of fused-ring (bicyclic) bond motifs is 2. The molecule has 2 bridgehead atoms. The molecule has 4 rings (SSSR count). The molecular weight excluding hydrogens is 343 g/mol. The highest BCUT2D eigenvalue weighted by atomic mass is 19.1. The van der Waals surface area contributed by atoms with Crippen molar-refractivity contribution in [2.24, 2.45) is 7.05 Å². The Morgan fingerprint density at radius 2 is 2.15 bits per heavy atom. The Hall–Kier alpha value is -2.47. The van der Waals surface area contributed by atoms with Crippen molar-refractivity contribution in [1.29, 1.82) is 0 Å². The Kier molecular flexibility index (Phi) is 4.60. The summed E-state index contributed by atoms with van der Waals surface area (Å²) in [5.74, 6) is -0.553. The summed E-state index contributed by atoms with van der Waals surface area (Å²) in [5.41, 5.74) is 3.52. The third-order valence-electron chi connectivity index (χ3n) is 5.81. The molecule has 1 fully saturated rings. The summed E-state index contributed by atoms with van der Waals surface area (Å²) in [5, 5.41) is 7.03. The molecular formula is C21H25FN4O. The maximum Gasteiger partial charge on any atom is 0.241 e. The highest BCUT2D eigenvalue weighted by Crippen LogP contribution is 2.39. The lowest BCUT2D eigenvalue weighted by atomic mass is 9.97. The van der Waals surface area contributed by atoms with E-state index in [0.717, 1.165) is 30.5 Å². The standard InChI is InChI=1S/C21H25FN4O/c1-13-4-7-19(18(22)10-13)24-21(27)14(2)26-16-5-6-17(26)12-15(11-16)20-8-9-23-25(20)3/h4,7-11,14,16-17H,5-6,12H2,1-3H3,(H,24,27). The van der Waals surface area contributed by atoms with Crippen molar-refractivity contribution in [3.8, 4) is 0 Å². The molecule has 1 aromatic heterocycles. The quantitative estimate of drug-likeness (QED) is 0.898. The number of rotatable bonds is 4. The first-order valence-corrected chi connectivity index (χ1v) is 9.47. The first kappa shape index (κ1) is 17.9. The number of hydrogen-bond acceptors (Lipinski definition) is 3. The van der Waals surface area contributed by atoms with Crippen LogP contribution < -0.4 is 5.32 Å². The third kappa shape index (κ3) is 3.30. The van der Waals surface area contributed by atoms with Crippen molar-refractivity contribution < 1.29 is 9.18 Å². The molecule has 1 saturated heterocycles. The van der Waals surface area contributed by atoms with Crippen LogP contribution in [0.2, 0.25) is 0 Å². The Bertz CT molecular complexity index is 903. The second-order valence-electron chi connectivity index (χ2n) is 7.63. The average Bonchev–Trinajstić information content (AvgIpc) is 3.17. The van der Waals surface area contributed by atoms with Gasteiger partial charge in [-0.15, -0.1) is 0 Å². The van der Waals surface area contributed by atoms with Gasteiger partial charge in [0.25, 0.3) is 0 Å². The molecule has 0 spiro atoms. The zero-order valence-electron chi connectivity index (χ0n) is 15.9. The monoisotopic (exact) mass is 368 g/mol. The Labute approximate surface area is 158 Å².